The van der Waals surface area contributed by atoms with Crippen LogP contribution in [0.5, 0.6) is 11.5 Å². The van der Waals surface area contributed by atoms with Gasteiger partial charge in [-0.3, -0.25) is 14.6 Å². The molecule has 0 saturated heterocycles. The van der Waals surface area contributed by atoms with Crippen molar-refractivity contribution in [3.63, 3.8) is 0 Å². The molecule has 0 radical (unpaired) electrons. The molecular weight excluding hydrogens is 322 g/mol. The minimum atomic E-state index is -0.470. The van der Waals surface area contributed by atoms with Crippen LogP contribution in [0.3, 0.4) is 0 Å². The van der Waals surface area contributed by atoms with Gasteiger partial charge in [-0.05, 0) is 30.2 Å². The van der Waals surface area contributed by atoms with Crippen LogP contribution in [0.15, 0.2) is 36.7 Å². The fourth-order valence-electron chi connectivity index (χ4n) is 2.66. The average molecular weight is 341 g/mol. The zero-order chi connectivity index (χ0) is 17.8. The number of hydrogen-bond acceptors (Lipinski definition) is 5. The molecule has 1 atom stereocenters. The van der Waals surface area contributed by atoms with E-state index in [4.69, 9.17) is 4.74 Å². The smallest absolute Gasteiger partial charge is 0.253 e. The Morgan fingerprint density at radius 3 is 2.92 bits per heavy atom. The number of ether oxygens (including phenoxy) is 1. The van der Waals surface area contributed by atoms with Crippen molar-refractivity contribution in [1.82, 2.24) is 15.6 Å². The summed E-state index contributed by atoms with van der Waals surface area (Å²) in [6, 6.07) is 7.13. The first-order valence-electron chi connectivity index (χ1n) is 7.98. The Hall–Kier alpha value is -3.09. The Morgan fingerprint density at radius 1 is 1.28 bits per heavy atom. The molecule has 2 heterocycles. The topological polar surface area (TPSA) is 101 Å². The Labute approximate surface area is 145 Å². The lowest BCUT2D eigenvalue weighted by Crippen LogP contribution is -2.36. The van der Waals surface area contributed by atoms with Gasteiger partial charge in [0.05, 0.1) is 18.3 Å². The number of nitrogens with zero attached hydrogens (tertiary/aromatic N) is 1. The van der Waals surface area contributed by atoms with Crippen molar-refractivity contribution < 1.29 is 19.4 Å². The van der Waals surface area contributed by atoms with Gasteiger partial charge in [0, 0.05) is 19.2 Å². The first-order valence-corrected chi connectivity index (χ1v) is 7.98. The number of fused-ring (bicyclic) bond motifs is 1. The third kappa shape index (κ3) is 4.26. The van der Waals surface area contributed by atoms with Crippen LogP contribution in [0.2, 0.25) is 0 Å². The van der Waals surface area contributed by atoms with Gasteiger partial charge in [0.25, 0.3) is 5.91 Å². The lowest BCUT2D eigenvalue weighted by Gasteiger charge is -2.08. The van der Waals surface area contributed by atoms with Gasteiger partial charge in [-0.25, -0.2) is 0 Å². The number of carbonyl (C=O) groups excluding carboxylic acids is 2. The monoisotopic (exact) mass is 341 g/mol. The number of carbonyl (C=O) groups is 2. The van der Waals surface area contributed by atoms with Gasteiger partial charge < -0.3 is 20.5 Å². The van der Waals surface area contributed by atoms with Gasteiger partial charge in [0.2, 0.25) is 5.91 Å². The van der Waals surface area contributed by atoms with E-state index >= 15 is 0 Å². The molecule has 0 aliphatic carbocycles. The molecule has 2 amide bonds. The van der Waals surface area contributed by atoms with Crippen LogP contribution in [0.25, 0.3) is 0 Å². The average Bonchev–Trinajstić information content (AvgIpc) is 2.97. The van der Waals surface area contributed by atoms with Gasteiger partial charge in [-0.2, -0.15) is 0 Å². The van der Waals surface area contributed by atoms with Crippen LogP contribution in [-0.4, -0.2) is 34.6 Å². The van der Waals surface area contributed by atoms with Gasteiger partial charge in [-0.15, -0.1) is 0 Å². The van der Waals surface area contributed by atoms with Crippen LogP contribution in [0.1, 0.15) is 28.4 Å². The van der Waals surface area contributed by atoms with Crippen LogP contribution in [-0.2, 0) is 17.8 Å². The fraction of sp³-hybridized carbons (Fsp3) is 0.278. The summed E-state index contributed by atoms with van der Waals surface area (Å²) in [6.45, 7) is 2.25. The minimum Gasteiger partial charge on any atom is -0.506 e. The van der Waals surface area contributed by atoms with E-state index in [9.17, 15) is 14.7 Å². The first-order chi connectivity index (χ1) is 12.0. The predicted molar refractivity (Wildman–Crippen MR) is 90.3 cm³/mol. The summed E-state index contributed by atoms with van der Waals surface area (Å²) in [5, 5.41) is 14.5. The Balaban J connectivity index is 1.47. The van der Waals surface area contributed by atoms with Gasteiger partial charge in [0.15, 0.2) is 0 Å². The van der Waals surface area contributed by atoms with E-state index in [2.05, 4.69) is 15.6 Å². The number of pyridine rings is 1. The normalized spacial score (nSPS) is 15.2. The lowest BCUT2D eigenvalue weighted by molar-refractivity contribution is -0.120. The van der Waals surface area contributed by atoms with Gasteiger partial charge in [0.1, 0.15) is 17.6 Å². The molecule has 3 rings (SSSR count). The third-order valence-corrected chi connectivity index (χ3v) is 3.85. The van der Waals surface area contributed by atoms with E-state index in [-0.39, 0.29) is 29.9 Å². The molecule has 0 spiro atoms. The van der Waals surface area contributed by atoms with Crippen LogP contribution in [0.4, 0.5) is 0 Å². The second-order valence-corrected chi connectivity index (χ2v) is 5.97. The molecule has 0 fully saturated rings. The highest BCUT2D eigenvalue weighted by Gasteiger charge is 2.18. The van der Waals surface area contributed by atoms with E-state index in [1.165, 1.54) is 18.5 Å². The molecule has 1 aliphatic rings. The quantitative estimate of drug-likeness (QED) is 0.758. The Kier molecular flexibility index (Phi) is 4.83. The predicted octanol–water partition coefficient (Wildman–Crippen LogP) is 1.16. The minimum absolute atomic E-state index is 0.105. The molecule has 130 valence electrons. The second-order valence-electron chi connectivity index (χ2n) is 5.97. The molecule has 0 bridgehead atoms. The number of hydrogen-bond donors (Lipinski definition) is 3. The summed E-state index contributed by atoms with van der Waals surface area (Å²) >= 11 is 0. The van der Waals surface area contributed by atoms with E-state index in [1.807, 2.05) is 25.1 Å². The second kappa shape index (κ2) is 7.21. The molecule has 1 aliphatic heterocycles. The van der Waals surface area contributed by atoms with Crippen molar-refractivity contribution in [1.29, 1.82) is 0 Å². The molecule has 7 heteroatoms. The molecule has 1 aromatic carbocycles. The van der Waals surface area contributed by atoms with Gasteiger partial charge >= 0.3 is 0 Å². The highest BCUT2D eigenvalue weighted by atomic mass is 16.5. The first kappa shape index (κ1) is 16.8. The van der Waals surface area contributed by atoms with Gasteiger partial charge in [-0.1, -0.05) is 12.1 Å². The van der Waals surface area contributed by atoms with Crippen molar-refractivity contribution in [3.8, 4) is 11.5 Å². The maximum atomic E-state index is 11.9. The largest absolute Gasteiger partial charge is 0.506 e. The van der Waals surface area contributed by atoms with E-state index in [0.29, 0.717) is 6.54 Å². The summed E-state index contributed by atoms with van der Waals surface area (Å²) in [7, 11) is 0. The summed E-state index contributed by atoms with van der Waals surface area (Å²) < 4.78 is 5.64. The number of nitrogens with one attached hydrogen (secondary N) is 2. The van der Waals surface area contributed by atoms with Crippen LogP contribution in [0, 0.1) is 0 Å². The Bertz CT molecular complexity index is 807. The highest BCUT2D eigenvalue weighted by Crippen LogP contribution is 2.29. The number of amides is 2. The third-order valence-electron chi connectivity index (χ3n) is 3.85. The molecular formula is C18H19N3O4. The molecule has 0 saturated carbocycles. The molecule has 1 unspecified atom stereocenters. The summed E-state index contributed by atoms with van der Waals surface area (Å²) in [6.07, 6.45) is 3.60. The Morgan fingerprint density at radius 2 is 2.12 bits per heavy atom. The SMILES string of the molecule is CC1Cc2cc(CNC(=O)CNC(=O)c3cncc(O)c3)ccc2O1. The highest BCUT2D eigenvalue weighted by molar-refractivity contribution is 5.96. The lowest BCUT2D eigenvalue weighted by atomic mass is 10.1. The molecule has 2 aromatic rings. The maximum Gasteiger partial charge on any atom is 0.253 e. The number of rotatable bonds is 5. The van der Waals surface area contributed by atoms with Crippen LogP contribution >= 0.6 is 0 Å². The van der Waals surface area contributed by atoms with Crippen LogP contribution < -0.4 is 15.4 Å². The molecule has 3 N–H and O–H groups in total. The van der Waals surface area contributed by atoms with Crippen molar-refractivity contribution in [2.45, 2.75) is 26.0 Å². The summed E-state index contributed by atoms with van der Waals surface area (Å²) in [5.74, 6) is 0.0235. The van der Waals surface area contributed by atoms with Crippen molar-refractivity contribution in [2.75, 3.05) is 6.54 Å². The van der Waals surface area contributed by atoms with E-state index in [0.717, 1.165) is 23.3 Å². The number of benzene rings is 1. The van der Waals surface area contributed by atoms with E-state index < -0.39 is 5.91 Å². The van der Waals surface area contributed by atoms with Crippen molar-refractivity contribution in [2.24, 2.45) is 0 Å². The molecule has 7 nitrogen and oxygen atoms in total. The van der Waals surface area contributed by atoms with Crippen molar-refractivity contribution in [3.05, 3.63) is 53.3 Å². The number of aromatic nitrogens is 1. The summed E-state index contributed by atoms with van der Waals surface area (Å²) in [4.78, 5) is 27.5. The maximum absolute atomic E-state index is 11.9. The molecule has 25 heavy (non-hydrogen) atoms. The van der Waals surface area contributed by atoms with E-state index in [1.54, 1.807) is 0 Å². The zero-order valence-corrected chi connectivity index (χ0v) is 13.8. The standard InChI is InChI=1S/C18H19N3O4/c1-11-4-13-5-12(2-3-16(13)25-11)7-20-17(23)10-21-18(24)14-6-15(22)9-19-8-14/h2-3,5-6,8-9,11,22H,4,7,10H2,1H3,(H,20,23)(H,21,24). The fourth-order valence-corrected chi connectivity index (χ4v) is 2.66. The molecule has 1 aromatic heterocycles. The number of aromatic hydroxyl groups is 1. The van der Waals surface area contributed by atoms with Crippen molar-refractivity contribution >= 4 is 11.8 Å². The zero-order valence-electron chi connectivity index (χ0n) is 13.8. The summed E-state index contributed by atoms with van der Waals surface area (Å²) in [5.41, 5.74) is 2.32.